The second-order valence-electron chi connectivity index (χ2n) is 9.69. The topological polar surface area (TPSA) is 118 Å². The molecule has 2 amide bonds. The van der Waals surface area contributed by atoms with Crippen LogP contribution in [0.2, 0.25) is 0 Å². The van der Waals surface area contributed by atoms with E-state index in [1.165, 1.54) is 21.4 Å². The highest BCUT2D eigenvalue weighted by Crippen LogP contribution is 2.43. The summed E-state index contributed by atoms with van der Waals surface area (Å²) in [5.41, 5.74) is -0.194. The number of hydrogen-bond donors (Lipinski definition) is 2. The SMILES string of the molecule is CC(C)Cn1c(=O)c(C(=O)NC2CC2)c(O)n2ncc(C=CC(=O)N3CCOCC34CC4)c12. The van der Waals surface area contributed by atoms with E-state index in [1.807, 2.05) is 18.7 Å². The predicted octanol–water partition coefficient (Wildman–Crippen LogP) is 1.15. The molecule has 1 spiro atoms. The summed E-state index contributed by atoms with van der Waals surface area (Å²) in [6.45, 7) is 5.89. The van der Waals surface area contributed by atoms with E-state index in [0.29, 0.717) is 37.5 Å². The predicted molar refractivity (Wildman–Crippen MR) is 120 cm³/mol. The van der Waals surface area contributed by atoms with Crippen molar-refractivity contribution >= 4 is 23.5 Å². The molecule has 2 aliphatic carbocycles. The molecular weight excluding hydrogens is 426 g/mol. The van der Waals surface area contributed by atoms with Crippen molar-refractivity contribution in [3.05, 3.63) is 33.8 Å². The minimum atomic E-state index is -0.593. The van der Waals surface area contributed by atoms with Crippen LogP contribution in [-0.4, -0.2) is 67.3 Å². The third-order valence-electron chi connectivity index (χ3n) is 6.50. The summed E-state index contributed by atoms with van der Waals surface area (Å²) >= 11 is 0. The van der Waals surface area contributed by atoms with Crippen LogP contribution in [0.25, 0.3) is 11.7 Å². The van der Waals surface area contributed by atoms with Gasteiger partial charge in [-0.1, -0.05) is 13.8 Å². The molecule has 3 heterocycles. The van der Waals surface area contributed by atoms with E-state index in [1.54, 1.807) is 6.08 Å². The van der Waals surface area contributed by atoms with Gasteiger partial charge < -0.3 is 20.1 Å². The molecule has 0 unspecified atom stereocenters. The van der Waals surface area contributed by atoms with E-state index < -0.39 is 17.3 Å². The smallest absolute Gasteiger partial charge is 0.270 e. The van der Waals surface area contributed by atoms with Crippen molar-refractivity contribution in [3.63, 3.8) is 0 Å². The Bertz CT molecular complexity index is 1200. The monoisotopic (exact) mass is 455 g/mol. The summed E-state index contributed by atoms with van der Waals surface area (Å²) in [7, 11) is 0. The Kier molecular flexibility index (Phi) is 5.27. The molecular formula is C23H29N5O5. The van der Waals surface area contributed by atoms with E-state index in [-0.39, 0.29) is 29.0 Å². The first-order chi connectivity index (χ1) is 15.8. The van der Waals surface area contributed by atoms with Crippen LogP contribution >= 0.6 is 0 Å². The molecule has 1 saturated heterocycles. The Hall–Kier alpha value is -3.14. The summed E-state index contributed by atoms with van der Waals surface area (Å²) in [6, 6.07) is 0.0441. The number of morpholine rings is 1. The van der Waals surface area contributed by atoms with Gasteiger partial charge >= 0.3 is 0 Å². The molecule has 0 aromatic carbocycles. The lowest BCUT2D eigenvalue weighted by molar-refractivity contribution is -0.136. The minimum Gasteiger partial charge on any atom is -0.492 e. The lowest BCUT2D eigenvalue weighted by atomic mass is 10.2. The van der Waals surface area contributed by atoms with Crippen LogP contribution in [0.4, 0.5) is 0 Å². The molecule has 2 saturated carbocycles. The zero-order valence-electron chi connectivity index (χ0n) is 18.9. The Balaban J connectivity index is 1.53. The van der Waals surface area contributed by atoms with Crippen LogP contribution in [0.5, 0.6) is 5.88 Å². The summed E-state index contributed by atoms with van der Waals surface area (Å²) in [5, 5.41) is 17.8. The highest BCUT2D eigenvalue weighted by atomic mass is 16.5. The largest absolute Gasteiger partial charge is 0.492 e. The average Bonchev–Trinajstić information content (AvgIpc) is 3.69. The molecule has 0 atom stereocenters. The maximum Gasteiger partial charge on any atom is 0.270 e. The van der Waals surface area contributed by atoms with Crippen molar-refractivity contribution in [1.29, 1.82) is 0 Å². The first-order valence-electron chi connectivity index (χ1n) is 11.5. The molecule has 1 aliphatic heterocycles. The first kappa shape index (κ1) is 21.7. The van der Waals surface area contributed by atoms with Gasteiger partial charge in [0, 0.05) is 30.8 Å². The summed E-state index contributed by atoms with van der Waals surface area (Å²) in [4.78, 5) is 40.8. The highest BCUT2D eigenvalue weighted by Gasteiger charge is 2.51. The van der Waals surface area contributed by atoms with Crippen LogP contribution in [0, 0.1) is 5.92 Å². The van der Waals surface area contributed by atoms with Crippen molar-refractivity contribution in [2.45, 2.75) is 57.7 Å². The van der Waals surface area contributed by atoms with E-state index in [9.17, 15) is 19.5 Å². The van der Waals surface area contributed by atoms with Crippen LogP contribution in [0.1, 0.15) is 55.5 Å². The maximum absolute atomic E-state index is 13.3. The van der Waals surface area contributed by atoms with E-state index in [4.69, 9.17) is 4.74 Å². The van der Waals surface area contributed by atoms with Crippen molar-refractivity contribution in [2.24, 2.45) is 5.92 Å². The lowest BCUT2D eigenvalue weighted by Gasteiger charge is -2.35. The second kappa shape index (κ2) is 8.02. The third-order valence-corrected chi connectivity index (χ3v) is 6.50. The fourth-order valence-corrected chi connectivity index (χ4v) is 4.44. The number of nitrogens with zero attached hydrogens (tertiary/aromatic N) is 4. The molecule has 10 heteroatoms. The van der Waals surface area contributed by atoms with E-state index in [2.05, 4.69) is 10.4 Å². The van der Waals surface area contributed by atoms with Gasteiger partial charge in [-0.3, -0.25) is 19.0 Å². The Labute approximate surface area is 190 Å². The molecule has 2 aromatic rings. The van der Waals surface area contributed by atoms with Gasteiger partial charge in [-0.05, 0) is 37.7 Å². The van der Waals surface area contributed by atoms with E-state index >= 15 is 0 Å². The zero-order chi connectivity index (χ0) is 23.3. The standard InChI is InChI=1S/C23H29N5O5/c1-14(2)12-26-20-15(3-6-17(29)27-9-10-33-13-23(27)7-8-23)11-24-28(20)22(32)18(21(26)31)19(30)25-16-4-5-16/h3,6,11,14,16,32H,4-5,7-10,12-13H2,1-2H3,(H,25,30). The number of aromatic nitrogens is 3. The Morgan fingerprint density at radius 3 is 2.79 bits per heavy atom. The molecule has 3 aliphatic rings. The van der Waals surface area contributed by atoms with Gasteiger partial charge in [0.2, 0.25) is 11.8 Å². The number of rotatable bonds is 6. The number of carbonyl (C=O) groups is 2. The van der Waals surface area contributed by atoms with Crippen LogP contribution in [0.3, 0.4) is 0 Å². The van der Waals surface area contributed by atoms with Gasteiger partial charge in [0.25, 0.3) is 11.5 Å². The summed E-state index contributed by atoms with van der Waals surface area (Å²) in [5.74, 6) is -1.10. The van der Waals surface area contributed by atoms with Crippen LogP contribution in [-0.2, 0) is 16.1 Å². The van der Waals surface area contributed by atoms with Crippen molar-refractivity contribution in [3.8, 4) is 5.88 Å². The lowest BCUT2D eigenvalue weighted by Crippen LogP contribution is -2.50. The van der Waals surface area contributed by atoms with Gasteiger partial charge in [-0.25, -0.2) is 0 Å². The van der Waals surface area contributed by atoms with Crippen molar-refractivity contribution in [2.75, 3.05) is 19.8 Å². The number of nitrogens with one attached hydrogen (secondary N) is 1. The minimum absolute atomic E-state index is 0.0441. The quantitative estimate of drug-likeness (QED) is 0.631. The van der Waals surface area contributed by atoms with Gasteiger partial charge in [0.05, 0.1) is 24.9 Å². The maximum atomic E-state index is 13.3. The summed E-state index contributed by atoms with van der Waals surface area (Å²) in [6.07, 6.45) is 8.21. The molecule has 3 fully saturated rings. The molecule has 33 heavy (non-hydrogen) atoms. The van der Waals surface area contributed by atoms with Crippen molar-refractivity contribution in [1.82, 2.24) is 24.4 Å². The normalized spacial score (nSPS) is 19.7. The van der Waals surface area contributed by atoms with Gasteiger partial charge in [-0.2, -0.15) is 9.61 Å². The molecule has 10 nitrogen and oxygen atoms in total. The van der Waals surface area contributed by atoms with Gasteiger partial charge in [0.15, 0.2) is 5.56 Å². The number of carbonyl (C=O) groups excluding carboxylic acids is 2. The van der Waals surface area contributed by atoms with Crippen LogP contribution in [0.15, 0.2) is 17.1 Å². The number of amides is 2. The fraction of sp³-hybridized carbons (Fsp3) is 0.565. The Morgan fingerprint density at radius 1 is 1.36 bits per heavy atom. The molecule has 0 bridgehead atoms. The first-order valence-corrected chi connectivity index (χ1v) is 11.5. The van der Waals surface area contributed by atoms with Crippen molar-refractivity contribution < 1.29 is 19.4 Å². The van der Waals surface area contributed by atoms with Gasteiger partial charge in [-0.15, -0.1) is 0 Å². The molecule has 5 rings (SSSR count). The third kappa shape index (κ3) is 3.92. The van der Waals surface area contributed by atoms with Gasteiger partial charge in [0.1, 0.15) is 5.65 Å². The highest BCUT2D eigenvalue weighted by molar-refractivity contribution is 5.97. The van der Waals surface area contributed by atoms with Crippen LogP contribution < -0.4 is 10.9 Å². The fourth-order valence-electron chi connectivity index (χ4n) is 4.44. The number of ether oxygens (including phenoxy) is 1. The number of fused-ring (bicyclic) bond motifs is 1. The molecule has 2 aromatic heterocycles. The molecule has 2 N–H and O–H groups in total. The van der Waals surface area contributed by atoms with E-state index in [0.717, 1.165) is 25.7 Å². The number of aromatic hydroxyl groups is 1. The average molecular weight is 456 g/mol. The number of hydrogen-bond acceptors (Lipinski definition) is 6. The second-order valence-corrected chi connectivity index (χ2v) is 9.69. The molecule has 0 radical (unpaired) electrons. The summed E-state index contributed by atoms with van der Waals surface area (Å²) < 4.78 is 8.20. The zero-order valence-corrected chi connectivity index (χ0v) is 18.9. The molecule has 176 valence electrons. The Morgan fingerprint density at radius 2 is 2.12 bits per heavy atom.